The normalized spacial score (nSPS) is 21.3. The lowest BCUT2D eigenvalue weighted by molar-refractivity contribution is -0.121. The second-order valence-corrected chi connectivity index (χ2v) is 2.51. The van der Waals surface area contributed by atoms with Crippen LogP contribution in [0.2, 0.25) is 0 Å². The van der Waals surface area contributed by atoms with Gasteiger partial charge >= 0.3 is 0 Å². The Morgan fingerprint density at radius 3 is 1.58 bits per heavy atom. The van der Waals surface area contributed by atoms with Crippen molar-refractivity contribution in [2.45, 2.75) is 0 Å². The maximum Gasteiger partial charge on any atom is 0.247 e. The lowest BCUT2D eigenvalue weighted by Gasteiger charge is -2.07. The highest BCUT2D eigenvalue weighted by atomic mass is 16.2. The van der Waals surface area contributed by atoms with Crippen molar-refractivity contribution in [2.75, 3.05) is 0 Å². The topological polar surface area (TPSA) is 40.6 Å². The Kier molecular flexibility index (Phi) is 1.22. The van der Waals surface area contributed by atoms with Crippen molar-refractivity contribution >= 4 is 27.8 Å². The van der Waals surface area contributed by atoms with Gasteiger partial charge in [-0.05, 0) is 0 Å². The Bertz CT molecular complexity index is 313. The van der Waals surface area contributed by atoms with Crippen LogP contribution in [0.3, 0.4) is 0 Å². The summed E-state index contributed by atoms with van der Waals surface area (Å²) >= 11 is 0. The molecule has 0 fully saturated rings. The van der Waals surface area contributed by atoms with Crippen molar-refractivity contribution < 1.29 is 9.59 Å². The summed E-state index contributed by atoms with van der Waals surface area (Å²) in [6.45, 7) is 0. The van der Waals surface area contributed by atoms with Crippen LogP contribution in [0.25, 0.3) is 0 Å². The quantitative estimate of drug-likeness (QED) is 0.404. The molecule has 0 aromatic heterocycles. The first-order valence-electron chi connectivity index (χ1n) is 3.22. The molecule has 2 aliphatic heterocycles. The molecule has 4 radical (unpaired) electrons. The Balaban J connectivity index is 2.49. The van der Waals surface area contributed by atoms with Crippen LogP contribution in [-0.2, 0) is 9.59 Å². The summed E-state index contributed by atoms with van der Waals surface area (Å²) in [4.78, 5) is 24.0. The summed E-state index contributed by atoms with van der Waals surface area (Å²) in [6, 6.07) is 0. The summed E-state index contributed by atoms with van der Waals surface area (Å²) in [5, 5.41) is 0. The van der Waals surface area contributed by atoms with E-state index in [4.69, 9.17) is 16.0 Å². The minimum Gasteiger partial charge on any atom is -0.370 e. The van der Waals surface area contributed by atoms with Gasteiger partial charge in [0.05, 0.1) is 11.1 Å². The molecule has 0 aromatic rings. The molecule has 0 saturated carbocycles. The fourth-order valence-electron chi connectivity index (χ4n) is 1.15. The third-order valence-electron chi connectivity index (χ3n) is 1.76. The molecule has 2 rings (SSSR count). The maximum absolute atomic E-state index is 11.1. The van der Waals surface area contributed by atoms with Gasteiger partial charge in [0.15, 0.2) is 0 Å². The smallest absolute Gasteiger partial charge is 0.247 e. The molecule has 54 valence electrons. The van der Waals surface area contributed by atoms with Crippen molar-refractivity contribution in [2.24, 2.45) is 0 Å². The summed E-state index contributed by atoms with van der Waals surface area (Å²) in [5.41, 5.74) is 0.509. The summed E-state index contributed by atoms with van der Waals surface area (Å²) in [5.74, 6) is -0.822. The molecular weight excluding hydrogens is 154 g/mol. The van der Waals surface area contributed by atoms with Crippen LogP contribution >= 0.6 is 0 Å². The zero-order chi connectivity index (χ0) is 8.88. The van der Waals surface area contributed by atoms with E-state index >= 15 is 0 Å². The zero-order valence-electron chi connectivity index (χ0n) is 6.02. The third-order valence-corrected chi connectivity index (χ3v) is 1.76. The average molecular weight is 156 g/mol. The Labute approximate surface area is 71.4 Å². The molecular formula is C6H2B2N2O2. The highest BCUT2D eigenvalue weighted by molar-refractivity contribution is 6.31. The van der Waals surface area contributed by atoms with Gasteiger partial charge < -0.3 is 9.62 Å². The van der Waals surface area contributed by atoms with Crippen molar-refractivity contribution in [3.63, 3.8) is 0 Å². The molecule has 0 N–H and O–H groups in total. The van der Waals surface area contributed by atoms with Crippen LogP contribution in [0.5, 0.6) is 0 Å². The SMILES string of the molecule is [B]N1C=C2C(=O)N([B])C=C2C1=O. The number of amides is 2. The van der Waals surface area contributed by atoms with Crippen molar-refractivity contribution in [3.8, 4) is 0 Å². The van der Waals surface area contributed by atoms with Crippen LogP contribution in [0, 0.1) is 0 Å². The number of nitrogens with zero attached hydrogens (tertiary/aromatic N) is 2. The summed E-state index contributed by atoms with van der Waals surface area (Å²) < 4.78 is 0. The molecule has 2 amide bonds. The van der Waals surface area contributed by atoms with Crippen molar-refractivity contribution in [1.82, 2.24) is 9.62 Å². The average Bonchev–Trinajstić information content (AvgIpc) is 2.43. The molecule has 6 heteroatoms. The van der Waals surface area contributed by atoms with Crippen LogP contribution in [-0.4, -0.2) is 37.4 Å². The first-order valence-corrected chi connectivity index (χ1v) is 3.22. The number of rotatable bonds is 0. The van der Waals surface area contributed by atoms with Gasteiger partial charge in [0.1, 0.15) is 0 Å². The number of fused-ring (bicyclic) bond motifs is 1. The molecule has 0 unspecified atom stereocenters. The second-order valence-electron chi connectivity index (χ2n) is 2.51. The molecule has 12 heavy (non-hydrogen) atoms. The zero-order valence-corrected chi connectivity index (χ0v) is 6.02. The molecule has 0 bridgehead atoms. The van der Waals surface area contributed by atoms with E-state index in [2.05, 4.69) is 0 Å². The lowest BCUT2D eigenvalue weighted by Crippen LogP contribution is -2.20. The highest BCUT2D eigenvalue weighted by Gasteiger charge is 2.35. The van der Waals surface area contributed by atoms with Gasteiger partial charge in [-0.3, -0.25) is 9.59 Å². The molecule has 4 nitrogen and oxygen atoms in total. The second kappa shape index (κ2) is 2.03. The third kappa shape index (κ3) is 0.691. The predicted octanol–water partition coefficient (Wildman–Crippen LogP) is -1.39. The standard InChI is InChI=1S/C6H2B2N2O2/c7-9-1-3-4(6(9)12)2-10(8)5(3)11/h1-2H. The van der Waals surface area contributed by atoms with Crippen molar-refractivity contribution in [1.29, 1.82) is 0 Å². The van der Waals surface area contributed by atoms with Crippen LogP contribution < -0.4 is 0 Å². The minimum absolute atomic E-state index is 0.255. The van der Waals surface area contributed by atoms with E-state index in [0.717, 1.165) is 9.62 Å². The molecule has 0 aromatic carbocycles. The van der Waals surface area contributed by atoms with E-state index in [9.17, 15) is 9.59 Å². The lowest BCUT2D eigenvalue weighted by atomic mass is 10.2. The number of hydrogen-bond acceptors (Lipinski definition) is 2. The van der Waals surface area contributed by atoms with Gasteiger partial charge in [0.25, 0.3) is 0 Å². The fraction of sp³-hybridized carbons (Fsp3) is 0. The van der Waals surface area contributed by atoms with E-state index in [1.54, 1.807) is 0 Å². The summed E-state index contributed by atoms with van der Waals surface area (Å²) in [7, 11) is 10.5. The van der Waals surface area contributed by atoms with Gasteiger partial charge in [-0.15, -0.1) is 0 Å². The van der Waals surface area contributed by atoms with Crippen LogP contribution in [0.15, 0.2) is 23.5 Å². The van der Waals surface area contributed by atoms with E-state index in [1.807, 2.05) is 0 Å². The van der Waals surface area contributed by atoms with Crippen LogP contribution in [0.1, 0.15) is 0 Å². The molecule has 0 spiro atoms. The summed E-state index contributed by atoms with van der Waals surface area (Å²) in [6.07, 6.45) is 2.53. The number of carbonyl (C=O) groups excluding carboxylic acids is 2. The largest absolute Gasteiger partial charge is 0.370 e. The fourth-order valence-corrected chi connectivity index (χ4v) is 1.15. The van der Waals surface area contributed by atoms with Gasteiger partial charge in [-0.1, -0.05) is 0 Å². The van der Waals surface area contributed by atoms with Gasteiger partial charge in [0.2, 0.25) is 27.8 Å². The first-order chi connectivity index (χ1) is 5.61. The van der Waals surface area contributed by atoms with Crippen molar-refractivity contribution in [3.05, 3.63) is 23.5 Å². The molecule has 0 saturated heterocycles. The number of carbonyl (C=O) groups is 2. The maximum atomic E-state index is 11.1. The van der Waals surface area contributed by atoms with Crippen LogP contribution in [0.4, 0.5) is 0 Å². The molecule has 0 atom stereocenters. The van der Waals surface area contributed by atoms with Gasteiger partial charge in [-0.25, -0.2) is 0 Å². The van der Waals surface area contributed by atoms with E-state index in [-0.39, 0.29) is 11.1 Å². The predicted molar refractivity (Wildman–Crippen MR) is 41.4 cm³/mol. The minimum atomic E-state index is -0.411. The van der Waals surface area contributed by atoms with E-state index in [1.165, 1.54) is 12.4 Å². The first kappa shape index (κ1) is 7.21. The van der Waals surface area contributed by atoms with E-state index < -0.39 is 11.8 Å². The van der Waals surface area contributed by atoms with E-state index in [0.29, 0.717) is 0 Å². The Hall–Kier alpha value is -1.45. The van der Waals surface area contributed by atoms with Gasteiger partial charge in [0, 0.05) is 12.4 Å². The molecule has 2 aliphatic rings. The molecule has 2 heterocycles. The monoisotopic (exact) mass is 156 g/mol. The number of hydrogen-bond donors (Lipinski definition) is 0. The Morgan fingerprint density at radius 2 is 1.25 bits per heavy atom. The highest BCUT2D eigenvalue weighted by Crippen LogP contribution is 2.27. The van der Waals surface area contributed by atoms with Gasteiger partial charge in [-0.2, -0.15) is 0 Å². The molecule has 0 aliphatic carbocycles. The Morgan fingerprint density at radius 1 is 0.917 bits per heavy atom.